The summed E-state index contributed by atoms with van der Waals surface area (Å²) in [6.07, 6.45) is -1.51. The number of benzene rings is 1. The van der Waals surface area contributed by atoms with Gasteiger partial charge in [0.25, 0.3) is 5.91 Å². The van der Waals surface area contributed by atoms with E-state index in [-0.39, 0.29) is 17.2 Å². The number of carboxylic acid groups (broad SMARTS) is 1. The molecule has 1 unspecified atom stereocenters. The summed E-state index contributed by atoms with van der Waals surface area (Å²) < 4.78 is 9.53. The Bertz CT molecular complexity index is 962. The molecule has 1 aromatic heterocycles. The van der Waals surface area contributed by atoms with Crippen LogP contribution in [0.5, 0.6) is 0 Å². The van der Waals surface area contributed by atoms with Crippen LogP contribution in [0, 0.1) is 6.92 Å². The van der Waals surface area contributed by atoms with Crippen LogP contribution in [0.1, 0.15) is 24.0 Å². The number of rotatable bonds is 5. The fourth-order valence-corrected chi connectivity index (χ4v) is 2.83. The molecule has 1 aliphatic heterocycles. The van der Waals surface area contributed by atoms with E-state index in [9.17, 15) is 19.5 Å². The number of hydrazone groups is 1. The van der Waals surface area contributed by atoms with E-state index in [1.807, 2.05) is 0 Å². The van der Waals surface area contributed by atoms with Gasteiger partial charge in [-0.05, 0) is 13.8 Å². The summed E-state index contributed by atoms with van der Waals surface area (Å²) in [6, 6.07) is 8.70. The second-order valence-corrected chi connectivity index (χ2v) is 6.00. The molecule has 1 aromatic carbocycles. The molecule has 0 saturated carbocycles. The number of hydroxylamine groups is 2. The molecule has 0 aliphatic carbocycles. The number of carbonyl (C=O) groups excluding carboxylic acids is 1. The van der Waals surface area contributed by atoms with Gasteiger partial charge in [0.2, 0.25) is 0 Å². The second-order valence-electron chi connectivity index (χ2n) is 6.00. The Morgan fingerprint density at radius 1 is 1.30 bits per heavy atom. The van der Waals surface area contributed by atoms with E-state index in [2.05, 4.69) is 5.10 Å². The van der Waals surface area contributed by atoms with Crippen LogP contribution in [0.2, 0.25) is 0 Å². The van der Waals surface area contributed by atoms with E-state index in [1.54, 1.807) is 30.3 Å². The van der Waals surface area contributed by atoms with Crippen LogP contribution in [0.3, 0.4) is 0 Å². The molecule has 27 heavy (non-hydrogen) atoms. The summed E-state index contributed by atoms with van der Waals surface area (Å²) in [7, 11) is 1.43. The molecular formula is C17H17N3O7. The lowest BCUT2D eigenvalue weighted by Crippen LogP contribution is -2.59. The zero-order valence-corrected chi connectivity index (χ0v) is 14.8. The van der Waals surface area contributed by atoms with Crippen LogP contribution in [0.25, 0.3) is 0 Å². The highest BCUT2D eigenvalue weighted by Gasteiger charge is 2.54. The number of hydrogen-bond acceptors (Lipinski definition) is 7. The van der Waals surface area contributed by atoms with Crippen molar-refractivity contribution in [3.8, 4) is 0 Å². The molecule has 3 rings (SSSR count). The first kappa shape index (κ1) is 18.4. The van der Waals surface area contributed by atoms with Crippen molar-refractivity contribution in [3.63, 3.8) is 0 Å². The predicted octanol–water partition coefficient (Wildman–Crippen LogP) is 1.59. The van der Waals surface area contributed by atoms with Crippen molar-refractivity contribution in [2.45, 2.75) is 26.0 Å². The van der Waals surface area contributed by atoms with Gasteiger partial charge < -0.3 is 13.9 Å². The third-order valence-electron chi connectivity index (χ3n) is 4.21. The zero-order valence-electron chi connectivity index (χ0n) is 14.8. The predicted molar refractivity (Wildman–Crippen MR) is 90.8 cm³/mol. The molecule has 0 spiro atoms. The van der Waals surface area contributed by atoms with Crippen molar-refractivity contribution < 1.29 is 28.4 Å². The molecule has 2 aromatic rings. The second kappa shape index (κ2) is 6.72. The first-order chi connectivity index (χ1) is 12.7. The Labute approximate surface area is 153 Å². The van der Waals surface area contributed by atoms with E-state index in [1.165, 1.54) is 20.9 Å². The zero-order chi connectivity index (χ0) is 19.8. The number of carbonyl (C=O) groups is 2. The molecule has 1 atom stereocenters. The van der Waals surface area contributed by atoms with Gasteiger partial charge in [-0.15, -0.1) is 0 Å². The van der Waals surface area contributed by atoms with Crippen molar-refractivity contribution in [1.82, 2.24) is 10.1 Å². The van der Waals surface area contributed by atoms with Crippen LogP contribution in [0.4, 0.5) is 4.79 Å². The summed E-state index contributed by atoms with van der Waals surface area (Å²) >= 11 is 0. The number of hydrogen-bond donors (Lipinski definition) is 1. The van der Waals surface area contributed by atoms with Gasteiger partial charge >= 0.3 is 11.9 Å². The van der Waals surface area contributed by atoms with Gasteiger partial charge in [-0.3, -0.25) is 9.63 Å². The average molecular weight is 375 g/mol. The quantitative estimate of drug-likeness (QED) is 0.786. The van der Waals surface area contributed by atoms with Crippen LogP contribution < -0.4 is 5.82 Å². The molecular weight excluding hydrogens is 358 g/mol. The SMILES string of the molecule is Cc1oc(=O)oc1CON(C(=O)O)C1(C)C(=O)N(C)N=C1c1ccccc1. The van der Waals surface area contributed by atoms with Crippen LogP contribution >= 0.6 is 0 Å². The Kier molecular flexibility index (Phi) is 4.58. The molecule has 0 radical (unpaired) electrons. The number of aryl methyl sites for hydroxylation is 1. The maximum Gasteiger partial charge on any atom is 0.519 e. The summed E-state index contributed by atoms with van der Waals surface area (Å²) in [5.74, 6) is -1.34. The van der Waals surface area contributed by atoms with Crippen molar-refractivity contribution in [2.24, 2.45) is 5.10 Å². The Hall–Kier alpha value is -3.40. The molecule has 10 nitrogen and oxygen atoms in total. The van der Waals surface area contributed by atoms with Gasteiger partial charge in [0.1, 0.15) is 18.1 Å². The van der Waals surface area contributed by atoms with Crippen LogP contribution in [-0.4, -0.2) is 45.5 Å². The van der Waals surface area contributed by atoms with Crippen molar-refractivity contribution in [2.75, 3.05) is 7.05 Å². The molecule has 0 fully saturated rings. The molecule has 1 aliphatic rings. The minimum absolute atomic E-state index is 0.0202. The van der Waals surface area contributed by atoms with E-state index in [0.717, 1.165) is 5.01 Å². The number of nitrogens with zero attached hydrogens (tertiary/aromatic N) is 3. The Morgan fingerprint density at radius 2 is 1.96 bits per heavy atom. The number of likely N-dealkylation sites (N-methyl/N-ethyl adjacent to an activating group) is 1. The highest BCUT2D eigenvalue weighted by Crippen LogP contribution is 2.31. The van der Waals surface area contributed by atoms with Gasteiger partial charge in [0.15, 0.2) is 11.3 Å². The summed E-state index contributed by atoms with van der Waals surface area (Å²) in [5, 5.41) is 15.4. The monoisotopic (exact) mass is 375 g/mol. The maximum atomic E-state index is 12.8. The van der Waals surface area contributed by atoms with E-state index in [0.29, 0.717) is 10.6 Å². The minimum atomic E-state index is -1.74. The third-order valence-corrected chi connectivity index (χ3v) is 4.21. The lowest BCUT2D eigenvalue weighted by molar-refractivity contribution is -0.189. The Morgan fingerprint density at radius 3 is 2.52 bits per heavy atom. The van der Waals surface area contributed by atoms with Gasteiger partial charge in [-0.25, -0.2) is 14.6 Å². The maximum absolute atomic E-state index is 12.8. The molecule has 142 valence electrons. The summed E-state index contributed by atoms with van der Waals surface area (Å²) in [4.78, 5) is 41.2. The normalized spacial score (nSPS) is 19.3. The molecule has 0 bridgehead atoms. The third kappa shape index (κ3) is 3.10. The molecule has 1 N–H and O–H groups in total. The summed E-state index contributed by atoms with van der Waals surface area (Å²) in [6.45, 7) is 2.46. The largest absolute Gasteiger partial charge is 0.519 e. The van der Waals surface area contributed by atoms with Crippen molar-refractivity contribution in [3.05, 3.63) is 58.0 Å². The highest BCUT2D eigenvalue weighted by molar-refractivity contribution is 6.23. The van der Waals surface area contributed by atoms with Crippen molar-refractivity contribution >= 4 is 17.7 Å². The molecule has 10 heteroatoms. The van der Waals surface area contributed by atoms with Gasteiger partial charge in [-0.1, -0.05) is 30.3 Å². The molecule has 2 heterocycles. The standard InChI is InChI=1S/C17H17N3O7/c1-10-12(27-16(24)26-10)9-25-20(15(22)23)17(2)13(18-19(3)14(17)21)11-7-5-4-6-8-11/h4-8H,9H2,1-3H3,(H,22,23). The fourth-order valence-electron chi connectivity index (χ4n) is 2.83. The lowest BCUT2D eigenvalue weighted by atomic mass is 9.90. The molecule has 2 amide bonds. The topological polar surface area (TPSA) is 126 Å². The molecule has 0 saturated heterocycles. The van der Waals surface area contributed by atoms with Crippen LogP contribution in [-0.2, 0) is 16.2 Å². The van der Waals surface area contributed by atoms with Crippen molar-refractivity contribution in [1.29, 1.82) is 0 Å². The van der Waals surface area contributed by atoms with E-state index < -0.39 is 30.0 Å². The van der Waals surface area contributed by atoms with E-state index in [4.69, 9.17) is 13.7 Å². The minimum Gasteiger partial charge on any atom is -0.463 e. The highest BCUT2D eigenvalue weighted by atomic mass is 16.7. The van der Waals surface area contributed by atoms with Gasteiger partial charge in [0.05, 0.1) is 0 Å². The van der Waals surface area contributed by atoms with Gasteiger partial charge in [-0.2, -0.15) is 10.2 Å². The van der Waals surface area contributed by atoms with Gasteiger partial charge in [0, 0.05) is 12.6 Å². The average Bonchev–Trinajstić information content (AvgIpc) is 3.07. The number of amides is 2. The van der Waals surface area contributed by atoms with Crippen LogP contribution in [0.15, 0.2) is 49.1 Å². The lowest BCUT2D eigenvalue weighted by Gasteiger charge is -2.33. The summed E-state index contributed by atoms with van der Waals surface area (Å²) in [5.41, 5.74) is -0.957. The Balaban J connectivity index is 1.98. The van der Waals surface area contributed by atoms with E-state index >= 15 is 0 Å². The first-order valence-electron chi connectivity index (χ1n) is 7.93. The fraction of sp³-hybridized carbons (Fsp3) is 0.294. The first-order valence-corrected chi connectivity index (χ1v) is 7.93. The smallest absolute Gasteiger partial charge is 0.463 e.